The van der Waals surface area contributed by atoms with E-state index in [0.29, 0.717) is 22.9 Å². The standard InChI is InChI=1S/C16H31N/c1-7-8-9-13(2)17-14-10-15(3,4)12-16(5,6)11-14/h7,13-14,17H,1,8-12H2,2-6H3. The fourth-order valence-corrected chi connectivity index (χ4v) is 3.82. The number of nitrogens with one attached hydrogen (secondary N) is 1. The van der Waals surface area contributed by atoms with Crippen LogP contribution in [-0.4, -0.2) is 12.1 Å². The second kappa shape index (κ2) is 5.56. The lowest BCUT2D eigenvalue weighted by atomic mass is 9.63. The molecule has 0 aromatic heterocycles. The Balaban J connectivity index is 2.50. The van der Waals surface area contributed by atoms with Crippen LogP contribution in [-0.2, 0) is 0 Å². The number of rotatable bonds is 5. The van der Waals surface area contributed by atoms with Gasteiger partial charge in [0.1, 0.15) is 0 Å². The molecular weight excluding hydrogens is 206 g/mol. The van der Waals surface area contributed by atoms with Gasteiger partial charge in [0.05, 0.1) is 0 Å². The van der Waals surface area contributed by atoms with Crippen molar-refractivity contribution in [3.63, 3.8) is 0 Å². The van der Waals surface area contributed by atoms with E-state index in [2.05, 4.69) is 46.5 Å². The molecule has 1 aliphatic carbocycles. The highest BCUT2D eigenvalue weighted by Gasteiger charge is 2.38. The van der Waals surface area contributed by atoms with Crippen molar-refractivity contribution in [2.75, 3.05) is 0 Å². The number of hydrogen-bond acceptors (Lipinski definition) is 1. The van der Waals surface area contributed by atoms with Crippen LogP contribution in [0.25, 0.3) is 0 Å². The molecular formula is C16H31N. The molecule has 0 aromatic carbocycles. The van der Waals surface area contributed by atoms with Crippen molar-refractivity contribution >= 4 is 0 Å². The summed E-state index contributed by atoms with van der Waals surface area (Å²) >= 11 is 0. The molecule has 1 nitrogen and oxygen atoms in total. The van der Waals surface area contributed by atoms with Crippen LogP contribution < -0.4 is 5.32 Å². The van der Waals surface area contributed by atoms with Gasteiger partial charge in [0.2, 0.25) is 0 Å². The van der Waals surface area contributed by atoms with Crippen molar-refractivity contribution in [3.8, 4) is 0 Å². The zero-order chi connectivity index (χ0) is 13.1. The first-order valence-electron chi connectivity index (χ1n) is 7.11. The highest BCUT2D eigenvalue weighted by Crippen LogP contribution is 2.45. The summed E-state index contributed by atoms with van der Waals surface area (Å²) < 4.78 is 0. The molecule has 0 bridgehead atoms. The highest BCUT2D eigenvalue weighted by molar-refractivity contribution is 4.93. The average Bonchev–Trinajstić information content (AvgIpc) is 2.09. The van der Waals surface area contributed by atoms with Crippen LogP contribution >= 0.6 is 0 Å². The van der Waals surface area contributed by atoms with Gasteiger partial charge in [0.25, 0.3) is 0 Å². The van der Waals surface area contributed by atoms with Gasteiger partial charge in [-0.1, -0.05) is 33.8 Å². The van der Waals surface area contributed by atoms with E-state index in [1.807, 2.05) is 6.08 Å². The van der Waals surface area contributed by atoms with E-state index >= 15 is 0 Å². The summed E-state index contributed by atoms with van der Waals surface area (Å²) in [6.07, 6.45) is 8.32. The minimum atomic E-state index is 0.484. The summed E-state index contributed by atoms with van der Waals surface area (Å²) in [5.41, 5.74) is 0.967. The van der Waals surface area contributed by atoms with Crippen molar-refractivity contribution in [1.82, 2.24) is 5.32 Å². The van der Waals surface area contributed by atoms with Gasteiger partial charge < -0.3 is 5.32 Å². The monoisotopic (exact) mass is 237 g/mol. The molecule has 1 aliphatic rings. The van der Waals surface area contributed by atoms with Crippen molar-refractivity contribution < 1.29 is 0 Å². The van der Waals surface area contributed by atoms with E-state index in [1.54, 1.807) is 0 Å². The summed E-state index contributed by atoms with van der Waals surface area (Å²) in [6, 6.07) is 1.30. The van der Waals surface area contributed by atoms with Gasteiger partial charge in [-0.3, -0.25) is 0 Å². The molecule has 100 valence electrons. The van der Waals surface area contributed by atoms with Crippen LogP contribution in [0.1, 0.15) is 66.7 Å². The highest BCUT2D eigenvalue weighted by atomic mass is 14.9. The molecule has 1 heteroatoms. The maximum Gasteiger partial charge on any atom is 0.00797 e. The van der Waals surface area contributed by atoms with Crippen molar-refractivity contribution in [2.45, 2.75) is 78.8 Å². The Hall–Kier alpha value is -0.300. The third-order valence-electron chi connectivity index (χ3n) is 3.88. The molecule has 1 N–H and O–H groups in total. The van der Waals surface area contributed by atoms with Gasteiger partial charge in [-0.2, -0.15) is 0 Å². The van der Waals surface area contributed by atoms with Crippen LogP contribution in [0, 0.1) is 10.8 Å². The second-order valence-corrected chi connectivity index (χ2v) is 7.54. The SMILES string of the molecule is C=CCCC(C)NC1CC(C)(C)CC(C)(C)C1. The Morgan fingerprint density at radius 3 is 2.24 bits per heavy atom. The molecule has 1 rings (SSSR count). The summed E-state index contributed by atoms with van der Waals surface area (Å²) in [4.78, 5) is 0. The third kappa shape index (κ3) is 5.25. The lowest BCUT2D eigenvalue weighted by Gasteiger charge is -2.46. The summed E-state index contributed by atoms with van der Waals surface area (Å²) in [6.45, 7) is 15.8. The first-order chi connectivity index (χ1) is 7.74. The van der Waals surface area contributed by atoms with Gasteiger partial charge in [0.15, 0.2) is 0 Å². The fraction of sp³-hybridized carbons (Fsp3) is 0.875. The Morgan fingerprint density at radius 1 is 1.24 bits per heavy atom. The molecule has 1 atom stereocenters. The minimum absolute atomic E-state index is 0.484. The summed E-state index contributed by atoms with van der Waals surface area (Å²) in [7, 11) is 0. The predicted molar refractivity (Wildman–Crippen MR) is 77.2 cm³/mol. The lowest BCUT2D eigenvalue weighted by molar-refractivity contribution is 0.0807. The third-order valence-corrected chi connectivity index (χ3v) is 3.88. The van der Waals surface area contributed by atoms with Gasteiger partial charge in [0, 0.05) is 12.1 Å². The Labute approximate surface area is 108 Å². The molecule has 1 unspecified atom stereocenters. The van der Waals surface area contributed by atoms with Crippen LogP contribution in [0.2, 0.25) is 0 Å². The fourth-order valence-electron chi connectivity index (χ4n) is 3.82. The largest absolute Gasteiger partial charge is 0.311 e. The molecule has 0 saturated heterocycles. The second-order valence-electron chi connectivity index (χ2n) is 7.54. The Morgan fingerprint density at radius 2 is 1.76 bits per heavy atom. The van der Waals surface area contributed by atoms with Gasteiger partial charge in [-0.25, -0.2) is 0 Å². The van der Waals surface area contributed by atoms with E-state index in [9.17, 15) is 0 Å². The minimum Gasteiger partial charge on any atom is -0.311 e. The van der Waals surface area contributed by atoms with Gasteiger partial charge in [-0.15, -0.1) is 6.58 Å². The molecule has 0 spiro atoms. The topological polar surface area (TPSA) is 12.0 Å². The summed E-state index contributed by atoms with van der Waals surface area (Å²) in [5.74, 6) is 0. The Kier molecular flexibility index (Phi) is 4.83. The van der Waals surface area contributed by atoms with Crippen molar-refractivity contribution in [3.05, 3.63) is 12.7 Å². The molecule has 0 amide bonds. The van der Waals surface area contributed by atoms with Gasteiger partial charge >= 0.3 is 0 Å². The molecule has 0 heterocycles. The molecule has 0 aromatic rings. The lowest BCUT2D eigenvalue weighted by Crippen LogP contribution is -2.46. The zero-order valence-corrected chi connectivity index (χ0v) is 12.5. The Bertz CT molecular complexity index is 236. The van der Waals surface area contributed by atoms with E-state index < -0.39 is 0 Å². The maximum absolute atomic E-state index is 3.82. The number of hydrogen-bond donors (Lipinski definition) is 1. The summed E-state index contributed by atoms with van der Waals surface area (Å²) in [5, 5.41) is 3.82. The first kappa shape index (κ1) is 14.8. The smallest absolute Gasteiger partial charge is 0.00797 e. The molecule has 1 fully saturated rings. The molecule has 0 radical (unpaired) electrons. The number of allylic oxidation sites excluding steroid dienone is 1. The van der Waals surface area contributed by atoms with Crippen molar-refractivity contribution in [2.24, 2.45) is 10.8 Å². The maximum atomic E-state index is 3.82. The molecule has 0 aliphatic heterocycles. The van der Waals surface area contributed by atoms with E-state index in [-0.39, 0.29) is 0 Å². The molecule has 17 heavy (non-hydrogen) atoms. The van der Waals surface area contributed by atoms with Crippen LogP contribution in [0.5, 0.6) is 0 Å². The average molecular weight is 237 g/mol. The van der Waals surface area contributed by atoms with Gasteiger partial charge in [-0.05, 0) is 49.9 Å². The van der Waals surface area contributed by atoms with E-state index in [4.69, 9.17) is 0 Å². The first-order valence-corrected chi connectivity index (χ1v) is 7.11. The van der Waals surface area contributed by atoms with Crippen LogP contribution in [0.4, 0.5) is 0 Å². The van der Waals surface area contributed by atoms with Crippen molar-refractivity contribution in [1.29, 1.82) is 0 Å². The zero-order valence-electron chi connectivity index (χ0n) is 12.5. The van der Waals surface area contributed by atoms with E-state index in [0.717, 1.165) is 6.42 Å². The molecule has 1 saturated carbocycles. The van der Waals surface area contributed by atoms with E-state index in [1.165, 1.54) is 25.7 Å². The van der Waals surface area contributed by atoms with Crippen LogP contribution in [0.15, 0.2) is 12.7 Å². The van der Waals surface area contributed by atoms with Crippen LogP contribution in [0.3, 0.4) is 0 Å². The normalized spacial score (nSPS) is 25.5. The predicted octanol–water partition coefficient (Wildman–Crippen LogP) is 4.54. The quantitative estimate of drug-likeness (QED) is 0.692.